The van der Waals surface area contributed by atoms with Crippen molar-refractivity contribution in [1.29, 1.82) is 0 Å². The van der Waals surface area contributed by atoms with Crippen LogP contribution in [0.5, 0.6) is 5.75 Å². The van der Waals surface area contributed by atoms with Crippen LogP contribution in [0.4, 0.5) is 14.5 Å². The van der Waals surface area contributed by atoms with E-state index in [9.17, 15) is 26.8 Å². The minimum absolute atomic E-state index is 0.0125. The molecule has 9 nitrogen and oxygen atoms in total. The average Bonchev–Trinajstić information content (AvgIpc) is 3.07. The number of nitrogens with zero attached hydrogens (tertiary/aromatic N) is 1. The molecule has 4 aromatic rings. The van der Waals surface area contributed by atoms with Crippen LogP contribution < -0.4 is 14.8 Å². The smallest absolute Gasteiger partial charge is 0.261 e. The van der Waals surface area contributed by atoms with E-state index in [1.54, 1.807) is 12.1 Å². The van der Waals surface area contributed by atoms with Crippen molar-refractivity contribution in [3.05, 3.63) is 126 Å². The molecule has 1 atom stereocenters. The minimum Gasteiger partial charge on any atom is -0.484 e. The van der Waals surface area contributed by atoms with Crippen LogP contribution in [0, 0.1) is 11.6 Å². The molecule has 0 radical (unpaired) electrons. The summed E-state index contributed by atoms with van der Waals surface area (Å²) in [5.74, 6) is -1.56. The zero-order valence-corrected chi connectivity index (χ0v) is 26.7. The normalized spacial score (nSPS) is 11.8. The van der Waals surface area contributed by atoms with Crippen LogP contribution in [0.15, 0.2) is 108 Å². The molecule has 0 aromatic heterocycles. The molecular weight excluding hydrogens is 628 g/mol. The number of sulfonamides is 1. The number of halogens is 2. The van der Waals surface area contributed by atoms with E-state index in [1.165, 1.54) is 53.4 Å². The monoisotopic (exact) mass is 665 g/mol. The Labute approximate surface area is 273 Å². The van der Waals surface area contributed by atoms with Gasteiger partial charge in [-0.1, -0.05) is 42.5 Å². The standard InChI is InChI=1S/C35H37F2N3O6S/c1-2-45-22-6-21-38-35(42)33(23-26-7-4-3-5-8-26)40(24-27-9-11-28(36)12-10-27)34(41)25-46-31-17-19-32(20-18-31)47(43,44)39-30-15-13-29(37)14-16-30/h3-5,7-20,33,39H,2,6,21-25H2,1H3,(H,38,42). The summed E-state index contributed by atoms with van der Waals surface area (Å²) in [6.07, 6.45) is 0.816. The first-order chi connectivity index (χ1) is 22.6. The van der Waals surface area contributed by atoms with Crippen LogP contribution in [0.1, 0.15) is 24.5 Å². The van der Waals surface area contributed by atoms with Crippen molar-refractivity contribution in [2.75, 3.05) is 31.1 Å². The van der Waals surface area contributed by atoms with Gasteiger partial charge in [-0.25, -0.2) is 17.2 Å². The number of nitrogens with one attached hydrogen (secondary N) is 2. The lowest BCUT2D eigenvalue weighted by Crippen LogP contribution is -2.52. The number of anilines is 1. The molecular formula is C35H37F2N3O6S. The third-order valence-electron chi connectivity index (χ3n) is 7.10. The van der Waals surface area contributed by atoms with Crippen molar-refractivity contribution in [1.82, 2.24) is 10.2 Å². The summed E-state index contributed by atoms with van der Waals surface area (Å²) in [4.78, 5) is 28.7. The summed E-state index contributed by atoms with van der Waals surface area (Å²) >= 11 is 0. The molecule has 12 heteroatoms. The second-order valence-electron chi connectivity index (χ2n) is 10.6. The number of benzene rings is 4. The van der Waals surface area contributed by atoms with Gasteiger partial charge >= 0.3 is 0 Å². The number of carbonyl (C=O) groups is 2. The van der Waals surface area contributed by atoms with Crippen molar-refractivity contribution < 1.29 is 36.3 Å². The van der Waals surface area contributed by atoms with E-state index in [-0.39, 0.29) is 35.2 Å². The Morgan fingerprint density at radius 2 is 1.47 bits per heavy atom. The number of hydrogen-bond acceptors (Lipinski definition) is 6. The molecule has 0 fully saturated rings. The SMILES string of the molecule is CCOCCCNC(=O)C(Cc1ccccc1)N(Cc1ccc(F)cc1)C(=O)COc1ccc(S(=O)(=O)Nc2ccc(F)cc2)cc1. The molecule has 0 aliphatic heterocycles. The van der Waals surface area contributed by atoms with Crippen molar-refractivity contribution in [3.63, 3.8) is 0 Å². The number of amides is 2. The fourth-order valence-corrected chi connectivity index (χ4v) is 5.72. The molecule has 4 rings (SSSR count). The molecule has 47 heavy (non-hydrogen) atoms. The van der Waals surface area contributed by atoms with E-state index in [0.29, 0.717) is 31.7 Å². The molecule has 2 amide bonds. The van der Waals surface area contributed by atoms with Gasteiger partial charge in [-0.3, -0.25) is 14.3 Å². The van der Waals surface area contributed by atoms with Gasteiger partial charge in [0.05, 0.1) is 4.90 Å². The maximum atomic E-state index is 13.8. The van der Waals surface area contributed by atoms with Crippen LogP contribution in [0.25, 0.3) is 0 Å². The maximum Gasteiger partial charge on any atom is 0.261 e. The van der Waals surface area contributed by atoms with E-state index in [0.717, 1.165) is 17.7 Å². The average molecular weight is 666 g/mol. The lowest BCUT2D eigenvalue weighted by atomic mass is 10.0. The minimum atomic E-state index is -3.97. The van der Waals surface area contributed by atoms with Crippen molar-refractivity contribution in [3.8, 4) is 5.75 Å². The Bertz CT molecular complexity index is 1690. The first kappa shape index (κ1) is 35.1. The Morgan fingerprint density at radius 3 is 2.11 bits per heavy atom. The van der Waals surface area contributed by atoms with Crippen molar-refractivity contribution in [2.24, 2.45) is 0 Å². The van der Waals surface area contributed by atoms with Gasteiger partial charge in [-0.05, 0) is 85.1 Å². The highest BCUT2D eigenvalue weighted by molar-refractivity contribution is 7.92. The molecule has 248 valence electrons. The Morgan fingerprint density at radius 1 is 0.830 bits per heavy atom. The highest BCUT2D eigenvalue weighted by atomic mass is 32.2. The molecule has 0 heterocycles. The molecule has 4 aromatic carbocycles. The Balaban J connectivity index is 1.51. The van der Waals surface area contributed by atoms with E-state index in [4.69, 9.17) is 9.47 Å². The third-order valence-corrected chi connectivity index (χ3v) is 8.50. The summed E-state index contributed by atoms with van der Waals surface area (Å²) in [5, 5.41) is 2.91. The predicted molar refractivity (Wildman–Crippen MR) is 174 cm³/mol. The number of ether oxygens (including phenoxy) is 2. The number of carbonyl (C=O) groups excluding carboxylic acids is 2. The van der Waals surface area contributed by atoms with Gasteiger partial charge in [-0.2, -0.15) is 0 Å². The molecule has 2 N–H and O–H groups in total. The Kier molecular flexibility index (Phi) is 12.8. The first-order valence-corrected chi connectivity index (χ1v) is 16.6. The summed E-state index contributed by atoms with van der Waals surface area (Å²) in [7, 11) is -3.97. The lowest BCUT2D eigenvalue weighted by Gasteiger charge is -2.31. The second kappa shape index (κ2) is 17.2. The van der Waals surface area contributed by atoms with Crippen LogP contribution in [0.3, 0.4) is 0 Å². The molecule has 1 unspecified atom stereocenters. The highest BCUT2D eigenvalue weighted by Crippen LogP contribution is 2.21. The van der Waals surface area contributed by atoms with Crippen LogP contribution in [-0.4, -0.2) is 57.5 Å². The van der Waals surface area contributed by atoms with Gasteiger partial charge in [0, 0.05) is 38.4 Å². The van der Waals surface area contributed by atoms with Gasteiger partial charge in [-0.15, -0.1) is 0 Å². The summed E-state index contributed by atoms with van der Waals surface area (Å²) in [5.41, 5.74) is 1.65. The van der Waals surface area contributed by atoms with E-state index >= 15 is 0 Å². The Hall–Kier alpha value is -4.81. The zero-order valence-electron chi connectivity index (χ0n) is 25.9. The van der Waals surface area contributed by atoms with Gasteiger partial charge in [0.2, 0.25) is 5.91 Å². The van der Waals surface area contributed by atoms with Crippen LogP contribution >= 0.6 is 0 Å². The fourth-order valence-electron chi connectivity index (χ4n) is 4.66. The maximum absolute atomic E-state index is 13.8. The highest BCUT2D eigenvalue weighted by Gasteiger charge is 2.30. The summed E-state index contributed by atoms with van der Waals surface area (Å²) in [6, 6.07) is 24.4. The molecule has 0 spiro atoms. The summed E-state index contributed by atoms with van der Waals surface area (Å²) < 4.78 is 66.0. The van der Waals surface area contributed by atoms with Gasteiger partial charge in [0.25, 0.3) is 15.9 Å². The number of hydrogen-bond donors (Lipinski definition) is 2. The largest absolute Gasteiger partial charge is 0.484 e. The fraction of sp³-hybridized carbons (Fsp3) is 0.257. The molecule has 0 aliphatic carbocycles. The molecule has 0 aliphatic rings. The number of rotatable bonds is 17. The topological polar surface area (TPSA) is 114 Å². The predicted octanol–water partition coefficient (Wildman–Crippen LogP) is 5.33. The van der Waals surface area contributed by atoms with E-state index < -0.39 is 40.2 Å². The molecule has 0 saturated carbocycles. The first-order valence-electron chi connectivity index (χ1n) is 15.1. The molecule has 0 bridgehead atoms. The van der Waals surface area contributed by atoms with Crippen LogP contribution in [0.2, 0.25) is 0 Å². The van der Waals surface area contributed by atoms with Crippen molar-refractivity contribution >= 4 is 27.5 Å². The van der Waals surface area contributed by atoms with E-state index in [2.05, 4.69) is 10.0 Å². The second-order valence-corrected chi connectivity index (χ2v) is 12.3. The van der Waals surface area contributed by atoms with Crippen LogP contribution in [-0.2, 0) is 37.3 Å². The van der Waals surface area contributed by atoms with Gasteiger partial charge < -0.3 is 19.7 Å². The quantitative estimate of drug-likeness (QED) is 0.148. The van der Waals surface area contributed by atoms with Crippen molar-refractivity contribution in [2.45, 2.75) is 37.2 Å². The third kappa shape index (κ3) is 10.9. The van der Waals surface area contributed by atoms with Gasteiger partial charge in [0.15, 0.2) is 6.61 Å². The van der Waals surface area contributed by atoms with Gasteiger partial charge in [0.1, 0.15) is 23.4 Å². The zero-order chi connectivity index (χ0) is 33.6. The van der Waals surface area contributed by atoms with E-state index in [1.807, 2.05) is 37.3 Å². The molecule has 0 saturated heterocycles. The lowest BCUT2D eigenvalue weighted by molar-refractivity contribution is -0.142. The summed E-state index contributed by atoms with van der Waals surface area (Å²) in [6.45, 7) is 2.84.